The van der Waals surface area contributed by atoms with E-state index < -0.39 is 15.9 Å². The molecule has 25 heavy (non-hydrogen) atoms. The first-order chi connectivity index (χ1) is 11.8. The standard InChI is InChI=1S/C16H18N2O4S3/c1-2-17-6-5-12-9-11(3-4-13(12)17)10-14-15(19)18(16(23)24-14)7-8-25(20,21)22/h3-4,9-10H,2,5-8H2,1H3,(H,20,21,22)/b14-10-. The van der Waals surface area contributed by atoms with E-state index >= 15 is 0 Å². The minimum Gasteiger partial charge on any atom is -0.371 e. The zero-order valence-corrected chi connectivity index (χ0v) is 16.1. The fraction of sp³-hybridized carbons (Fsp3) is 0.375. The van der Waals surface area contributed by atoms with Crippen LogP contribution in [0.2, 0.25) is 0 Å². The van der Waals surface area contributed by atoms with Crippen LogP contribution in [0.25, 0.3) is 6.08 Å². The largest absolute Gasteiger partial charge is 0.371 e. The van der Waals surface area contributed by atoms with Crippen LogP contribution in [-0.4, -0.2) is 53.5 Å². The highest BCUT2D eigenvalue weighted by Crippen LogP contribution is 2.34. The first-order valence-electron chi connectivity index (χ1n) is 7.87. The average molecular weight is 399 g/mol. The van der Waals surface area contributed by atoms with E-state index in [4.69, 9.17) is 16.8 Å². The van der Waals surface area contributed by atoms with Gasteiger partial charge in [-0.25, -0.2) is 0 Å². The van der Waals surface area contributed by atoms with Crippen LogP contribution in [0.15, 0.2) is 23.1 Å². The number of fused-ring (bicyclic) bond motifs is 1. The number of hydrogen-bond donors (Lipinski definition) is 1. The molecule has 134 valence electrons. The minimum atomic E-state index is -4.14. The maximum atomic E-state index is 12.4. The smallest absolute Gasteiger partial charge is 0.266 e. The second kappa shape index (κ2) is 7.06. The summed E-state index contributed by atoms with van der Waals surface area (Å²) in [5.74, 6) is -0.854. The molecule has 6 nitrogen and oxygen atoms in total. The maximum absolute atomic E-state index is 12.4. The molecule has 0 unspecified atom stereocenters. The highest BCUT2D eigenvalue weighted by atomic mass is 32.2. The van der Waals surface area contributed by atoms with Gasteiger partial charge in [0.2, 0.25) is 0 Å². The van der Waals surface area contributed by atoms with Gasteiger partial charge in [-0.3, -0.25) is 14.2 Å². The van der Waals surface area contributed by atoms with E-state index in [2.05, 4.69) is 24.0 Å². The van der Waals surface area contributed by atoms with Gasteiger partial charge in [0.1, 0.15) is 4.32 Å². The van der Waals surface area contributed by atoms with Crippen LogP contribution in [0.1, 0.15) is 18.1 Å². The van der Waals surface area contributed by atoms with Gasteiger partial charge in [0.25, 0.3) is 16.0 Å². The summed E-state index contributed by atoms with van der Waals surface area (Å²) < 4.78 is 30.9. The van der Waals surface area contributed by atoms with E-state index in [1.54, 1.807) is 6.08 Å². The highest BCUT2D eigenvalue weighted by molar-refractivity contribution is 8.26. The van der Waals surface area contributed by atoms with Gasteiger partial charge in [0, 0.05) is 25.3 Å². The number of nitrogens with zero attached hydrogens (tertiary/aromatic N) is 2. The van der Waals surface area contributed by atoms with Crippen molar-refractivity contribution in [1.82, 2.24) is 4.90 Å². The molecule has 9 heteroatoms. The quantitative estimate of drug-likeness (QED) is 0.463. The summed E-state index contributed by atoms with van der Waals surface area (Å²) in [7, 11) is -4.14. The van der Waals surface area contributed by atoms with Gasteiger partial charge < -0.3 is 4.90 Å². The number of amides is 1. The first-order valence-corrected chi connectivity index (χ1v) is 10.7. The van der Waals surface area contributed by atoms with E-state index in [1.165, 1.54) is 16.2 Å². The lowest BCUT2D eigenvalue weighted by molar-refractivity contribution is -0.121. The van der Waals surface area contributed by atoms with Crippen molar-refractivity contribution in [1.29, 1.82) is 0 Å². The van der Waals surface area contributed by atoms with E-state index in [1.807, 2.05) is 6.07 Å². The molecule has 1 aromatic carbocycles. The Labute approximate surface area is 156 Å². The van der Waals surface area contributed by atoms with E-state index in [9.17, 15) is 13.2 Å². The van der Waals surface area contributed by atoms with Crippen LogP contribution in [0.4, 0.5) is 5.69 Å². The minimum absolute atomic E-state index is 0.142. The molecule has 2 aliphatic heterocycles. The molecule has 0 radical (unpaired) electrons. The van der Waals surface area contributed by atoms with Crippen molar-refractivity contribution < 1.29 is 17.8 Å². The van der Waals surface area contributed by atoms with Gasteiger partial charge in [-0.1, -0.05) is 30.0 Å². The van der Waals surface area contributed by atoms with Crippen LogP contribution >= 0.6 is 24.0 Å². The van der Waals surface area contributed by atoms with Crippen molar-refractivity contribution in [3.63, 3.8) is 0 Å². The molecule has 3 rings (SSSR count). The summed E-state index contributed by atoms with van der Waals surface area (Å²) in [4.78, 5) is 16.4. The van der Waals surface area contributed by atoms with Crippen LogP contribution in [0, 0.1) is 0 Å². The molecule has 0 bridgehead atoms. The van der Waals surface area contributed by atoms with Gasteiger partial charge in [-0.2, -0.15) is 8.42 Å². The molecule has 0 aliphatic carbocycles. The SMILES string of the molecule is CCN1CCc2cc(/C=C3\SC(=S)N(CCS(=O)(=O)O)C3=O)ccc21. The lowest BCUT2D eigenvalue weighted by atomic mass is 10.1. The monoisotopic (exact) mass is 398 g/mol. The van der Waals surface area contributed by atoms with Crippen molar-refractivity contribution >= 4 is 56.1 Å². The summed E-state index contributed by atoms with van der Waals surface area (Å²) in [5.41, 5.74) is 3.42. The number of rotatable bonds is 5. The summed E-state index contributed by atoms with van der Waals surface area (Å²) in [6.45, 7) is 3.96. The third kappa shape index (κ3) is 4.05. The van der Waals surface area contributed by atoms with Gasteiger partial charge in [0.15, 0.2) is 0 Å². The Morgan fingerprint density at radius 3 is 2.84 bits per heavy atom. The fourth-order valence-electron chi connectivity index (χ4n) is 2.96. The second-order valence-corrected chi connectivity index (χ2v) is 9.09. The Morgan fingerprint density at radius 2 is 2.16 bits per heavy atom. The van der Waals surface area contributed by atoms with Gasteiger partial charge in [-0.05, 0) is 42.7 Å². The molecule has 2 heterocycles. The molecule has 0 saturated carbocycles. The Bertz CT molecular complexity index is 864. The maximum Gasteiger partial charge on any atom is 0.266 e. The molecule has 1 saturated heterocycles. The number of carbonyl (C=O) groups is 1. The highest BCUT2D eigenvalue weighted by Gasteiger charge is 2.32. The Kier molecular flexibility index (Phi) is 5.19. The van der Waals surface area contributed by atoms with Crippen molar-refractivity contribution in [2.45, 2.75) is 13.3 Å². The number of thiocarbonyl (C=S) groups is 1. The summed E-state index contributed by atoms with van der Waals surface area (Å²) >= 11 is 6.30. The summed E-state index contributed by atoms with van der Waals surface area (Å²) in [6.07, 6.45) is 2.77. The number of hydrogen-bond acceptors (Lipinski definition) is 6. The van der Waals surface area contributed by atoms with E-state index in [0.29, 0.717) is 9.23 Å². The molecule has 0 spiro atoms. The summed E-state index contributed by atoms with van der Waals surface area (Å²) in [6, 6.07) is 6.12. The van der Waals surface area contributed by atoms with Crippen molar-refractivity contribution in [3.05, 3.63) is 34.2 Å². The van der Waals surface area contributed by atoms with Crippen molar-refractivity contribution in [3.8, 4) is 0 Å². The molecule has 1 aromatic rings. The molecule has 1 N–H and O–H groups in total. The van der Waals surface area contributed by atoms with E-state index in [0.717, 1.165) is 36.8 Å². The Hall–Kier alpha value is -1.42. The first kappa shape index (κ1) is 18.4. The number of anilines is 1. The molecule has 2 aliphatic rings. The molecule has 1 fully saturated rings. The number of thioether (sulfide) groups is 1. The zero-order chi connectivity index (χ0) is 18.2. The second-order valence-electron chi connectivity index (χ2n) is 5.84. The Balaban J connectivity index is 1.78. The molecular weight excluding hydrogens is 380 g/mol. The van der Waals surface area contributed by atoms with E-state index in [-0.39, 0.29) is 12.5 Å². The zero-order valence-electron chi connectivity index (χ0n) is 13.6. The van der Waals surface area contributed by atoms with Crippen LogP contribution < -0.4 is 4.90 Å². The normalized spacial score (nSPS) is 19.2. The number of carbonyl (C=O) groups excluding carboxylic acids is 1. The lowest BCUT2D eigenvalue weighted by Crippen LogP contribution is -2.32. The Morgan fingerprint density at radius 1 is 1.40 bits per heavy atom. The van der Waals surface area contributed by atoms with Gasteiger partial charge >= 0.3 is 0 Å². The van der Waals surface area contributed by atoms with Crippen LogP contribution in [0.3, 0.4) is 0 Å². The molecule has 0 aromatic heterocycles. The molecule has 1 amide bonds. The predicted octanol–water partition coefficient (Wildman–Crippen LogP) is 2.16. The topological polar surface area (TPSA) is 77.9 Å². The molecular formula is C16H18N2O4S3. The third-order valence-corrected chi connectivity index (χ3v) is 6.30. The van der Waals surface area contributed by atoms with Gasteiger partial charge in [-0.15, -0.1) is 0 Å². The number of benzene rings is 1. The number of likely N-dealkylation sites (N-methyl/N-ethyl adjacent to an activating group) is 1. The van der Waals surface area contributed by atoms with Crippen LogP contribution in [-0.2, 0) is 21.3 Å². The third-order valence-electron chi connectivity index (χ3n) is 4.22. The average Bonchev–Trinajstić information content (AvgIpc) is 3.06. The van der Waals surface area contributed by atoms with Crippen LogP contribution in [0.5, 0.6) is 0 Å². The summed E-state index contributed by atoms with van der Waals surface area (Å²) in [5, 5.41) is 0. The van der Waals surface area contributed by atoms with Gasteiger partial charge in [0.05, 0.1) is 10.7 Å². The predicted molar refractivity (Wildman–Crippen MR) is 104 cm³/mol. The molecule has 0 atom stereocenters. The van der Waals surface area contributed by atoms with Crippen molar-refractivity contribution in [2.24, 2.45) is 0 Å². The lowest BCUT2D eigenvalue weighted by Gasteiger charge is -2.16. The van der Waals surface area contributed by atoms with Crippen molar-refractivity contribution in [2.75, 3.05) is 30.3 Å². The fourth-order valence-corrected chi connectivity index (χ4v) is 4.68.